The first-order chi connectivity index (χ1) is 10.7. The van der Waals surface area contributed by atoms with Gasteiger partial charge in [-0.15, -0.1) is 0 Å². The highest BCUT2D eigenvalue weighted by atomic mass is 16.4. The number of carboxylic acids is 1. The molecule has 1 unspecified atom stereocenters. The summed E-state index contributed by atoms with van der Waals surface area (Å²) in [5.41, 5.74) is 2.44. The largest absolute Gasteiger partial charge is 0.480 e. The molecule has 118 valence electrons. The van der Waals surface area contributed by atoms with E-state index in [2.05, 4.69) is 41.8 Å². The minimum Gasteiger partial charge on any atom is -0.480 e. The van der Waals surface area contributed by atoms with Crippen molar-refractivity contribution in [3.05, 3.63) is 60.2 Å². The van der Waals surface area contributed by atoms with Crippen LogP contribution >= 0.6 is 0 Å². The Balaban J connectivity index is 2.14. The van der Waals surface area contributed by atoms with Crippen LogP contribution in [0.15, 0.2) is 54.6 Å². The number of hydrogen-bond donors (Lipinski definition) is 1. The average Bonchev–Trinajstić information content (AvgIpc) is 2.54. The van der Waals surface area contributed by atoms with Gasteiger partial charge in [-0.05, 0) is 18.1 Å². The van der Waals surface area contributed by atoms with Crippen LogP contribution in [0.5, 0.6) is 0 Å². The number of carbonyl (C=O) groups is 1. The van der Waals surface area contributed by atoms with Gasteiger partial charge in [0.25, 0.3) is 0 Å². The molecule has 4 heteroatoms. The lowest BCUT2D eigenvalue weighted by molar-refractivity contribution is -0.138. The number of piperazine rings is 1. The summed E-state index contributed by atoms with van der Waals surface area (Å²) in [5, 5.41) is 8.91. The maximum Gasteiger partial charge on any atom is 0.317 e. The van der Waals surface area contributed by atoms with Gasteiger partial charge in [0, 0.05) is 26.2 Å². The van der Waals surface area contributed by atoms with Gasteiger partial charge < -0.3 is 5.11 Å². The highest BCUT2D eigenvalue weighted by Crippen LogP contribution is 2.30. The molecule has 0 aliphatic carbocycles. The number of allylic oxidation sites excluding steroid dienone is 1. The molecule has 0 bridgehead atoms. The number of nitrogens with zero attached hydrogens (tertiary/aromatic N) is 2. The average molecular weight is 300 g/mol. The van der Waals surface area contributed by atoms with Crippen molar-refractivity contribution in [3.63, 3.8) is 0 Å². The Morgan fingerprint density at radius 1 is 1.27 bits per heavy atom. The second kappa shape index (κ2) is 7.92. The smallest absolute Gasteiger partial charge is 0.317 e. The van der Waals surface area contributed by atoms with Crippen LogP contribution in [0.4, 0.5) is 0 Å². The van der Waals surface area contributed by atoms with Crippen molar-refractivity contribution in [3.8, 4) is 0 Å². The lowest BCUT2D eigenvalue weighted by atomic mass is 9.96. The van der Waals surface area contributed by atoms with E-state index in [1.807, 2.05) is 24.0 Å². The summed E-state index contributed by atoms with van der Waals surface area (Å²) in [6.07, 6.45) is 4.02. The van der Waals surface area contributed by atoms with E-state index in [0.717, 1.165) is 26.2 Å². The van der Waals surface area contributed by atoms with Crippen molar-refractivity contribution < 1.29 is 9.90 Å². The Kier molecular flexibility index (Phi) is 5.92. The number of carboxylic acid groups (broad SMARTS) is 1. The maximum atomic E-state index is 10.8. The molecule has 1 aromatic carbocycles. The molecule has 4 nitrogen and oxygen atoms in total. The van der Waals surface area contributed by atoms with Crippen molar-refractivity contribution >= 4 is 5.97 Å². The lowest BCUT2D eigenvalue weighted by Crippen LogP contribution is -2.49. The molecule has 22 heavy (non-hydrogen) atoms. The predicted molar refractivity (Wildman–Crippen MR) is 88.8 cm³/mol. The Hall–Kier alpha value is -1.91. The summed E-state index contributed by atoms with van der Waals surface area (Å²) >= 11 is 0. The van der Waals surface area contributed by atoms with E-state index in [0.29, 0.717) is 0 Å². The van der Waals surface area contributed by atoms with Crippen molar-refractivity contribution in [2.24, 2.45) is 0 Å². The van der Waals surface area contributed by atoms with Crippen LogP contribution in [-0.4, -0.2) is 53.6 Å². The van der Waals surface area contributed by atoms with Crippen LogP contribution in [0.25, 0.3) is 0 Å². The van der Waals surface area contributed by atoms with Gasteiger partial charge in [0.15, 0.2) is 0 Å². The highest BCUT2D eigenvalue weighted by Gasteiger charge is 2.27. The number of aliphatic carboxylic acids is 1. The first kappa shape index (κ1) is 16.5. The van der Waals surface area contributed by atoms with Crippen molar-refractivity contribution in [2.75, 3.05) is 32.7 Å². The van der Waals surface area contributed by atoms with Gasteiger partial charge >= 0.3 is 5.97 Å². The van der Waals surface area contributed by atoms with E-state index in [1.54, 1.807) is 0 Å². The predicted octanol–water partition coefficient (Wildman–Crippen LogP) is 2.56. The molecule has 1 fully saturated rings. The van der Waals surface area contributed by atoms with E-state index in [4.69, 9.17) is 5.11 Å². The Labute approximate surface area is 132 Å². The van der Waals surface area contributed by atoms with Gasteiger partial charge in [0.1, 0.15) is 0 Å². The highest BCUT2D eigenvalue weighted by molar-refractivity contribution is 5.69. The zero-order valence-corrected chi connectivity index (χ0v) is 13.1. The third kappa shape index (κ3) is 4.06. The molecule has 1 aliphatic heterocycles. The van der Waals surface area contributed by atoms with E-state index >= 15 is 0 Å². The van der Waals surface area contributed by atoms with Crippen LogP contribution < -0.4 is 0 Å². The Morgan fingerprint density at radius 2 is 1.91 bits per heavy atom. The monoisotopic (exact) mass is 300 g/mol. The molecule has 1 N–H and O–H groups in total. The normalized spacial score (nSPS) is 18.9. The minimum absolute atomic E-state index is 0.127. The summed E-state index contributed by atoms with van der Waals surface area (Å²) in [5.74, 6) is -0.756. The molecule has 0 saturated carbocycles. The fraction of sp³-hybridized carbons (Fsp3) is 0.389. The molecule has 1 aliphatic rings. The van der Waals surface area contributed by atoms with Crippen LogP contribution in [0.1, 0.15) is 18.5 Å². The Bertz CT molecular complexity index is 531. The fourth-order valence-electron chi connectivity index (χ4n) is 3.01. The molecule has 1 heterocycles. The van der Waals surface area contributed by atoms with Gasteiger partial charge in [0.05, 0.1) is 12.6 Å². The van der Waals surface area contributed by atoms with E-state index in [-0.39, 0.29) is 12.6 Å². The molecular formula is C18H24N2O2. The molecule has 1 saturated heterocycles. The first-order valence-corrected chi connectivity index (χ1v) is 7.67. The summed E-state index contributed by atoms with van der Waals surface area (Å²) < 4.78 is 0. The van der Waals surface area contributed by atoms with Crippen LogP contribution in [-0.2, 0) is 4.79 Å². The third-order valence-electron chi connectivity index (χ3n) is 4.13. The van der Waals surface area contributed by atoms with Gasteiger partial charge in [-0.25, -0.2) is 0 Å². The molecule has 0 spiro atoms. The number of rotatable bonds is 6. The number of benzene rings is 1. The second-order valence-electron chi connectivity index (χ2n) is 5.51. The van der Waals surface area contributed by atoms with E-state index in [9.17, 15) is 4.79 Å². The maximum absolute atomic E-state index is 10.8. The molecular weight excluding hydrogens is 276 g/mol. The topological polar surface area (TPSA) is 43.8 Å². The summed E-state index contributed by atoms with van der Waals surface area (Å²) in [4.78, 5) is 15.2. The standard InChI is InChI=1S/C18H24N2O2/c1-3-15(4-2)18(16-8-6-5-7-9-16)20-12-10-19(11-13-20)14-17(21)22/h3-9,18H,1,10-14H2,2H3,(H,21,22)/b15-4+. The molecule has 0 aromatic heterocycles. The lowest BCUT2D eigenvalue weighted by Gasteiger charge is -2.39. The summed E-state index contributed by atoms with van der Waals surface area (Å²) in [6.45, 7) is 9.39. The van der Waals surface area contributed by atoms with Gasteiger partial charge in [0.2, 0.25) is 0 Å². The summed E-state index contributed by atoms with van der Waals surface area (Å²) in [7, 11) is 0. The SMILES string of the molecule is C=C/C(=C\C)C(c1ccccc1)N1CCN(CC(=O)O)CC1. The van der Waals surface area contributed by atoms with Crippen LogP contribution in [0, 0.1) is 0 Å². The van der Waals surface area contributed by atoms with Crippen molar-refractivity contribution in [1.82, 2.24) is 9.80 Å². The molecule has 2 rings (SSSR count). The van der Waals surface area contributed by atoms with E-state index in [1.165, 1.54) is 11.1 Å². The van der Waals surface area contributed by atoms with Crippen LogP contribution in [0.2, 0.25) is 0 Å². The summed E-state index contributed by atoms with van der Waals surface area (Å²) in [6, 6.07) is 10.6. The van der Waals surface area contributed by atoms with Gasteiger partial charge in [-0.1, -0.05) is 49.1 Å². The van der Waals surface area contributed by atoms with Gasteiger partial charge in [-0.2, -0.15) is 0 Å². The van der Waals surface area contributed by atoms with Crippen molar-refractivity contribution in [2.45, 2.75) is 13.0 Å². The molecule has 1 aromatic rings. The first-order valence-electron chi connectivity index (χ1n) is 7.67. The van der Waals surface area contributed by atoms with Crippen molar-refractivity contribution in [1.29, 1.82) is 0 Å². The molecule has 0 amide bonds. The van der Waals surface area contributed by atoms with Gasteiger partial charge in [-0.3, -0.25) is 14.6 Å². The third-order valence-corrected chi connectivity index (χ3v) is 4.13. The quantitative estimate of drug-likeness (QED) is 0.820. The van der Waals surface area contributed by atoms with Crippen LogP contribution in [0.3, 0.4) is 0 Å². The second-order valence-corrected chi connectivity index (χ2v) is 5.51. The molecule has 0 radical (unpaired) electrons. The zero-order valence-electron chi connectivity index (χ0n) is 13.1. The Morgan fingerprint density at radius 3 is 2.41 bits per heavy atom. The molecule has 1 atom stereocenters. The minimum atomic E-state index is -0.756. The fourth-order valence-corrected chi connectivity index (χ4v) is 3.01. The van der Waals surface area contributed by atoms with E-state index < -0.39 is 5.97 Å². The number of hydrogen-bond acceptors (Lipinski definition) is 3. The zero-order chi connectivity index (χ0) is 15.9.